The molecular weight excluding hydrogens is 269 g/mol. The van der Waals surface area contributed by atoms with Crippen LogP contribution in [0.2, 0.25) is 0 Å². The lowest BCUT2D eigenvalue weighted by Crippen LogP contribution is -2.31. The molecule has 1 rings (SSSR count). The average molecular weight is 285 g/mol. The van der Waals surface area contributed by atoms with Gasteiger partial charge in [-0.2, -0.15) is 4.31 Å². The Morgan fingerprint density at radius 3 is 2.47 bits per heavy atom. The van der Waals surface area contributed by atoms with E-state index in [9.17, 15) is 12.8 Å². The molecule has 6 heteroatoms. The summed E-state index contributed by atoms with van der Waals surface area (Å²) >= 11 is 0. The summed E-state index contributed by atoms with van der Waals surface area (Å²) < 4.78 is 39.2. The van der Waals surface area contributed by atoms with Crippen LogP contribution in [0.3, 0.4) is 0 Å². The highest BCUT2D eigenvalue weighted by Gasteiger charge is 2.24. The van der Waals surface area contributed by atoms with Gasteiger partial charge >= 0.3 is 0 Å². The van der Waals surface area contributed by atoms with Crippen molar-refractivity contribution < 1.29 is 17.9 Å². The zero-order chi connectivity index (χ0) is 14.5. The van der Waals surface area contributed by atoms with Crippen molar-refractivity contribution in [3.63, 3.8) is 0 Å². The Hall–Kier alpha value is -1.42. The summed E-state index contributed by atoms with van der Waals surface area (Å²) in [5.41, 5.74) is 0.0564. The molecule has 19 heavy (non-hydrogen) atoms. The standard InChI is InChI=1S/C13H16FNO3S/c1-3-15(4-2)19(17,18)13-8-7-12(14)10-11(13)6-5-9-16/h7-8,10,16H,3-4,9H2,1-2H3. The number of hydrogen-bond donors (Lipinski definition) is 1. The molecule has 0 radical (unpaired) electrons. The number of aliphatic hydroxyl groups is 1. The third-order valence-corrected chi connectivity index (χ3v) is 4.68. The number of benzene rings is 1. The minimum atomic E-state index is -3.70. The number of nitrogens with zero attached hydrogens (tertiary/aromatic N) is 1. The molecule has 0 aliphatic heterocycles. The highest BCUT2D eigenvalue weighted by Crippen LogP contribution is 2.20. The van der Waals surface area contributed by atoms with Gasteiger partial charge in [-0.1, -0.05) is 25.7 Å². The first-order chi connectivity index (χ1) is 8.97. The van der Waals surface area contributed by atoms with Crippen LogP contribution in [0, 0.1) is 17.7 Å². The molecule has 0 aliphatic carbocycles. The van der Waals surface area contributed by atoms with Gasteiger partial charge in [-0.15, -0.1) is 0 Å². The Bertz CT molecular complexity index is 598. The lowest BCUT2D eigenvalue weighted by molar-refractivity contribution is 0.350. The second-order valence-corrected chi connectivity index (χ2v) is 5.60. The third kappa shape index (κ3) is 3.53. The Morgan fingerprint density at radius 1 is 1.32 bits per heavy atom. The van der Waals surface area contributed by atoms with Crippen LogP contribution < -0.4 is 0 Å². The van der Waals surface area contributed by atoms with Crippen LogP contribution in [-0.4, -0.2) is 37.5 Å². The van der Waals surface area contributed by atoms with Gasteiger partial charge in [0.05, 0.1) is 4.90 Å². The second kappa shape index (κ2) is 6.66. The van der Waals surface area contributed by atoms with Crippen LogP contribution in [0.15, 0.2) is 23.1 Å². The van der Waals surface area contributed by atoms with E-state index in [1.807, 2.05) is 0 Å². The first-order valence-electron chi connectivity index (χ1n) is 5.86. The first kappa shape index (κ1) is 15.6. The maximum atomic E-state index is 13.2. The van der Waals surface area contributed by atoms with Crippen molar-refractivity contribution >= 4 is 10.0 Å². The van der Waals surface area contributed by atoms with Crippen molar-refractivity contribution in [3.05, 3.63) is 29.6 Å². The van der Waals surface area contributed by atoms with Crippen LogP contribution in [-0.2, 0) is 10.0 Å². The minimum Gasteiger partial charge on any atom is -0.384 e. The topological polar surface area (TPSA) is 57.6 Å². The molecule has 1 aromatic rings. The highest BCUT2D eigenvalue weighted by atomic mass is 32.2. The van der Waals surface area contributed by atoms with Gasteiger partial charge < -0.3 is 5.11 Å². The molecule has 0 saturated carbocycles. The predicted octanol–water partition coefficient (Wildman–Crippen LogP) is 1.20. The number of rotatable bonds is 4. The average Bonchev–Trinajstić information content (AvgIpc) is 2.37. The Morgan fingerprint density at radius 2 is 1.95 bits per heavy atom. The third-order valence-electron chi connectivity index (χ3n) is 2.57. The van der Waals surface area contributed by atoms with Crippen molar-refractivity contribution in [1.82, 2.24) is 4.31 Å². The molecule has 0 saturated heterocycles. The normalized spacial score (nSPS) is 11.2. The van der Waals surface area contributed by atoms with Gasteiger partial charge in [0.1, 0.15) is 12.4 Å². The summed E-state index contributed by atoms with van der Waals surface area (Å²) in [5.74, 6) is 4.23. The quantitative estimate of drug-likeness (QED) is 0.846. The van der Waals surface area contributed by atoms with Crippen LogP contribution in [0.5, 0.6) is 0 Å². The lowest BCUT2D eigenvalue weighted by Gasteiger charge is -2.19. The van der Waals surface area contributed by atoms with E-state index in [1.165, 1.54) is 10.4 Å². The van der Waals surface area contributed by atoms with Gasteiger partial charge in [-0.25, -0.2) is 12.8 Å². The molecule has 0 atom stereocenters. The van der Waals surface area contributed by atoms with Crippen LogP contribution >= 0.6 is 0 Å². The van der Waals surface area contributed by atoms with E-state index in [0.29, 0.717) is 13.1 Å². The van der Waals surface area contributed by atoms with E-state index in [4.69, 9.17) is 5.11 Å². The van der Waals surface area contributed by atoms with Gasteiger partial charge in [0.25, 0.3) is 0 Å². The zero-order valence-corrected chi connectivity index (χ0v) is 11.7. The monoisotopic (exact) mass is 285 g/mol. The molecule has 1 aromatic carbocycles. The summed E-state index contributed by atoms with van der Waals surface area (Å²) in [7, 11) is -3.70. The van der Waals surface area contributed by atoms with Crippen molar-refractivity contribution in [3.8, 4) is 11.8 Å². The smallest absolute Gasteiger partial charge is 0.244 e. The summed E-state index contributed by atoms with van der Waals surface area (Å²) in [6, 6.07) is 3.34. The molecule has 4 nitrogen and oxygen atoms in total. The second-order valence-electron chi connectivity index (χ2n) is 3.69. The maximum Gasteiger partial charge on any atom is 0.244 e. The van der Waals surface area contributed by atoms with Crippen LogP contribution in [0.1, 0.15) is 19.4 Å². The van der Waals surface area contributed by atoms with Crippen molar-refractivity contribution in [2.24, 2.45) is 0 Å². The van der Waals surface area contributed by atoms with Gasteiger partial charge in [0, 0.05) is 18.7 Å². The maximum absolute atomic E-state index is 13.2. The Labute approximate surface area is 112 Å². The molecular formula is C13H16FNO3S. The van der Waals surface area contributed by atoms with Gasteiger partial charge in [0.2, 0.25) is 10.0 Å². The number of sulfonamides is 1. The fourth-order valence-corrected chi connectivity index (χ4v) is 3.25. The van der Waals surface area contributed by atoms with Gasteiger partial charge in [-0.3, -0.25) is 0 Å². The molecule has 0 aromatic heterocycles. The summed E-state index contributed by atoms with van der Waals surface area (Å²) in [6.07, 6.45) is 0. The van der Waals surface area contributed by atoms with E-state index < -0.39 is 22.4 Å². The van der Waals surface area contributed by atoms with E-state index in [-0.39, 0.29) is 10.5 Å². The van der Waals surface area contributed by atoms with Crippen molar-refractivity contribution in [2.75, 3.05) is 19.7 Å². The van der Waals surface area contributed by atoms with Crippen molar-refractivity contribution in [1.29, 1.82) is 0 Å². The molecule has 0 aliphatic rings. The Balaban J connectivity index is 3.41. The fourth-order valence-electron chi connectivity index (χ4n) is 1.66. The SMILES string of the molecule is CCN(CC)S(=O)(=O)c1ccc(F)cc1C#CCO. The molecule has 0 fully saturated rings. The van der Waals surface area contributed by atoms with Gasteiger partial charge in [-0.05, 0) is 18.2 Å². The largest absolute Gasteiger partial charge is 0.384 e. The van der Waals surface area contributed by atoms with E-state index in [2.05, 4.69) is 11.8 Å². The molecule has 0 unspecified atom stereocenters. The number of hydrogen-bond acceptors (Lipinski definition) is 3. The summed E-state index contributed by atoms with van der Waals surface area (Å²) in [6.45, 7) is 3.68. The van der Waals surface area contributed by atoms with E-state index in [0.717, 1.165) is 12.1 Å². The van der Waals surface area contributed by atoms with E-state index >= 15 is 0 Å². The minimum absolute atomic E-state index is 0.0430. The Kier molecular flexibility index (Phi) is 5.48. The fraction of sp³-hybridized carbons (Fsp3) is 0.385. The van der Waals surface area contributed by atoms with E-state index in [1.54, 1.807) is 13.8 Å². The molecule has 1 N–H and O–H groups in total. The summed E-state index contributed by atoms with van der Waals surface area (Å²) in [4.78, 5) is -0.0430. The van der Waals surface area contributed by atoms with Crippen LogP contribution in [0.25, 0.3) is 0 Å². The van der Waals surface area contributed by atoms with Crippen molar-refractivity contribution in [2.45, 2.75) is 18.7 Å². The molecule has 0 bridgehead atoms. The first-order valence-corrected chi connectivity index (χ1v) is 7.30. The molecule has 0 amide bonds. The number of halogens is 1. The molecule has 104 valence electrons. The summed E-state index contributed by atoms with van der Waals surface area (Å²) in [5, 5.41) is 8.66. The molecule has 0 heterocycles. The van der Waals surface area contributed by atoms with Crippen LogP contribution in [0.4, 0.5) is 4.39 Å². The van der Waals surface area contributed by atoms with Gasteiger partial charge in [0.15, 0.2) is 0 Å². The zero-order valence-electron chi connectivity index (χ0n) is 10.9. The predicted molar refractivity (Wildman–Crippen MR) is 70.5 cm³/mol. The molecule has 0 spiro atoms. The lowest BCUT2D eigenvalue weighted by atomic mass is 10.2. The number of aliphatic hydroxyl groups excluding tert-OH is 1. The highest BCUT2D eigenvalue weighted by molar-refractivity contribution is 7.89.